The maximum atomic E-state index is 12.3. The van der Waals surface area contributed by atoms with Gasteiger partial charge in [0.2, 0.25) is 0 Å². The van der Waals surface area contributed by atoms with Gasteiger partial charge in [0.05, 0.1) is 15.6 Å². The van der Waals surface area contributed by atoms with E-state index in [4.69, 9.17) is 0 Å². The number of rotatable bonds is 3. The molecular weight excluding hydrogens is 330 g/mol. The average molecular weight is 349 g/mol. The smallest absolute Gasteiger partial charge is 0.276 e. The number of nitrogens with zero attached hydrogens (tertiary/aromatic N) is 2. The van der Waals surface area contributed by atoms with E-state index < -0.39 is 0 Å². The highest BCUT2D eigenvalue weighted by atomic mass is 32.1. The zero-order valence-corrected chi connectivity index (χ0v) is 15.2. The molecule has 1 N–H and O–H groups in total. The number of anilines is 1. The van der Waals surface area contributed by atoms with Gasteiger partial charge in [0.15, 0.2) is 10.9 Å². The average Bonchev–Trinajstić information content (AvgIpc) is 3.03. The Kier molecular flexibility index (Phi) is 4.10. The Morgan fingerprint density at radius 1 is 1.30 bits per heavy atom. The summed E-state index contributed by atoms with van der Waals surface area (Å²) in [5.41, 5.74) is 1.13. The first-order chi connectivity index (χ1) is 10.7. The van der Waals surface area contributed by atoms with Crippen molar-refractivity contribution in [2.24, 2.45) is 5.41 Å². The van der Waals surface area contributed by atoms with E-state index in [1.165, 1.54) is 22.7 Å². The molecule has 2 aromatic heterocycles. The Hall–Kier alpha value is -1.60. The third kappa shape index (κ3) is 3.35. The highest BCUT2D eigenvalue weighted by molar-refractivity contribution is 7.17. The Morgan fingerprint density at radius 2 is 2.04 bits per heavy atom. The number of hydrogen-bond acceptors (Lipinski definition) is 6. The first-order valence-corrected chi connectivity index (χ1v) is 9.24. The molecule has 0 radical (unpaired) electrons. The molecule has 0 unspecified atom stereocenters. The molecule has 1 aliphatic rings. The van der Waals surface area contributed by atoms with Crippen molar-refractivity contribution in [1.82, 2.24) is 9.97 Å². The lowest BCUT2D eigenvalue weighted by molar-refractivity contribution is 0.0915. The highest BCUT2D eigenvalue weighted by Crippen LogP contribution is 2.38. The van der Waals surface area contributed by atoms with Crippen molar-refractivity contribution < 1.29 is 9.59 Å². The lowest BCUT2D eigenvalue weighted by atomic mass is 9.78. The number of aromatic nitrogens is 2. The minimum Gasteiger partial charge on any atom is -0.296 e. The quantitative estimate of drug-likeness (QED) is 0.904. The molecule has 0 aliphatic heterocycles. The van der Waals surface area contributed by atoms with Crippen molar-refractivity contribution in [2.75, 3.05) is 5.32 Å². The van der Waals surface area contributed by atoms with Gasteiger partial charge in [-0.2, -0.15) is 0 Å². The van der Waals surface area contributed by atoms with Crippen LogP contribution in [0, 0.1) is 5.41 Å². The van der Waals surface area contributed by atoms with E-state index in [-0.39, 0.29) is 17.1 Å². The van der Waals surface area contributed by atoms with Crippen LogP contribution in [0.2, 0.25) is 0 Å². The lowest BCUT2D eigenvalue weighted by Gasteiger charge is -2.26. The van der Waals surface area contributed by atoms with Crippen LogP contribution in [0.15, 0.2) is 5.38 Å². The number of hydrogen-bond donors (Lipinski definition) is 1. The van der Waals surface area contributed by atoms with E-state index in [0.29, 0.717) is 28.0 Å². The molecule has 7 heteroatoms. The van der Waals surface area contributed by atoms with Crippen LogP contribution < -0.4 is 5.32 Å². The molecule has 2 heterocycles. The van der Waals surface area contributed by atoms with Gasteiger partial charge in [0.1, 0.15) is 5.69 Å². The second-order valence-corrected chi connectivity index (χ2v) is 8.80. The van der Waals surface area contributed by atoms with Crippen LogP contribution in [-0.4, -0.2) is 21.7 Å². The molecule has 0 bridgehead atoms. The second-order valence-electron chi connectivity index (χ2n) is 6.92. The molecule has 0 saturated heterocycles. The number of fused-ring (bicyclic) bond motifs is 1. The summed E-state index contributed by atoms with van der Waals surface area (Å²) in [6.07, 6.45) is 1.29. The molecule has 0 fully saturated rings. The Bertz CT molecular complexity index is 774. The van der Waals surface area contributed by atoms with Gasteiger partial charge in [-0.15, -0.1) is 11.3 Å². The summed E-state index contributed by atoms with van der Waals surface area (Å²) < 4.78 is 0. The minimum absolute atomic E-state index is 0.0689. The van der Waals surface area contributed by atoms with Gasteiger partial charge in [-0.05, 0) is 11.8 Å². The van der Waals surface area contributed by atoms with Crippen molar-refractivity contribution in [2.45, 2.75) is 46.5 Å². The fourth-order valence-electron chi connectivity index (χ4n) is 2.59. The van der Waals surface area contributed by atoms with Crippen LogP contribution in [0.5, 0.6) is 0 Å². The fourth-order valence-corrected chi connectivity index (χ4v) is 4.32. The van der Waals surface area contributed by atoms with Crippen LogP contribution in [0.3, 0.4) is 0 Å². The molecule has 2 aromatic rings. The normalized spacial score (nSPS) is 16.5. The third-order valence-corrected chi connectivity index (χ3v) is 5.90. The number of nitrogens with one attached hydrogen (secondary N) is 1. The van der Waals surface area contributed by atoms with Gasteiger partial charge >= 0.3 is 0 Å². The summed E-state index contributed by atoms with van der Waals surface area (Å²) in [4.78, 5) is 34.0. The molecule has 0 atom stereocenters. The summed E-state index contributed by atoms with van der Waals surface area (Å²) in [6.45, 7) is 8.22. The zero-order chi connectivity index (χ0) is 16.8. The molecule has 5 nitrogen and oxygen atoms in total. The van der Waals surface area contributed by atoms with Gasteiger partial charge in [-0.3, -0.25) is 14.9 Å². The fraction of sp³-hybridized carbons (Fsp3) is 0.500. The summed E-state index contributed by atoms with van der Waals surface area (Å²) in [7, 11) is 0. The Morgan fingerprint density at radius 3 is 2.70 bits per heavy atom. The van der Waals surface area contributed by atoms with Crippen LogP contribution in [0.1, 0.15) is 70.9 Å². The van der Waals surface area contributed by atoms with Crippen molar-refractivity contribution in [3.05, 3.63) is 26.7 Å². The molecule has 0 aromatic carbocycles. The maximum Gasteiger partial charge on any atom is 0.276 e. The summed E-state index contributed by atoms with van der Waals surface area (Å²) in [5.74, 6) is 0.143. The van der Waals surface area contributed by atoms with Crippen molar-refractivity contribution >= 4 is 39.5 Å². The molecule has 1 amide bonds. The van der Waals surface area contributed by atoms with Gasteiger partial charge in [0, 0.05) is 17.7 Å². The van der Waals surface area contributed by atoms with Crippen LogP contribution in [0.4, 0.5) is 5.13 Å². The van der Waals surface area contributed by atoms with E-state index in [2.05, 4.69) is 29.1 Å². The molecular formula is C16H19N3O2S2. The third-order valence-electron chi connectivity index (χ3n) is 3.70. The number of ketones is 1. The van der Waals surface area contributed by atoms with Crippen LogP contribution >= 0.6 is 22.7 Å². The highest BCUT2D eigenvalue weighted by Gasteiger charge is 2.34. The van der Waals surface area contributed by atoms with Crippen molar-refractivity contribution in [3.63, 3.8) is 0 Å². The van der Waals surface area contributed by atoms with E-state index in [9.17, 15) is 9.59 Å². The lowest BCUT2D eigenvalue weighted by Crippen LogP contribution is -2.26. The molecule has 0 saturated carbocycles. The van der Waals surface area contributed by atoms with Gasteiger partial charge in [0.25, 0.3) is 5.91 Å². The molecule has 1 aliphatic carbocycles. The summed E-state index contributed by atoms with van der Waals surface area (Å²) >= 11 is 2.74. The molecule has 122 valence electrons. The number of Topliss-reactive ketones (excluding diaryl/α,β-unsaturated/α-hetero) is 1. The van der Waals surface area contributed by atoms with E-state index >= 15 is 0 Å². The van der Waals surface area contributed by atoms with Gasteiger partial charge in [-0.1, -0.05) is 39.0 Å². The second kappa shape index (κ2) is 5.79. The van der Waals surface area contributed by atoms with Crippen LogP contribution in [0.25, 0.3) is 0 Å². The minimum atomic E-state index is -0.272. The standard InChI is InChI=1S/C16H19N3O2S2/c1-8(2)14-17-10(7-22-14)13(21)19-15-18-9-5-16(3,4)6-11(20)12(9)23-15/h7-8H,5-6H2,1-4H3,(H,18,19,21). The van der Waals surface area contributed by atoms with E-state index in [0.717, 1.165) is 17.1 Å². The largest absolute Gasteiger partial charge is 0.296 e. The topological polar surface area (TPSA) is 72.0 Å². The number of amides is 1. The Labute approximate surface area is 143 Å². The summed E-state index contributed by atoms with van der Waals surface area (Å²) in [5, 5.41) is 5.95. The van der Waals surface area contributed by atoms with E-state index in [1.807, 2.05) is 13.8 Å². The predicted octanol–water partition coefficient (Wildman–Crippen LogP) is 4.13. The SMILES string of the molecule is CC(C)c1nc(C(=O)Nc2nc3c(s2)C(=O)CC(C)(C)C3)cs1. The Balaban J connectivity index is 1.79. The number of carbonyl (C=O) groups excluding carboxylic acids is 2. The first kappa shape index (κ1) is 16.3. The number of thiazole rings is 2. The monoisotopic (exact) mass is 349 g/mol. The molecule has 23 heavy (non-hydrogen) atoms. The maximum absolute atomic E-state index is 12.3. The van der Waals surface area contributed by atoms with Crippen molar-refractivity contribution in [3.8, 4) is 0 Å². The molecule has 0 spiro atoms. The molecule has 3 rings (SSSR count). The first-order valence-electron chi connectivity index (χ1n) is 7.55. The van der Waals surface area contributed by atoms with Gasteiger partial charge in [-0.25, -0.2) is 9.97 Å². The number of carbonyl (C=O) groups is 2. The zero-order valence-electron chi connectivity index (χ0n) is 13.6. The van der Waals surface area contributed by atoms with E-state index in [1.54, 1.807) is 5.38 Å². The summed E-state index contributed by atoms with van der Waals surface area (Å²) in [6, 6.07) is 0. The van der Waals surface area contributed by atoms with Crippen LogP contribution in [-0.2, 0) is 6.42 Å². The predicted molar refractivity (Wildman–Crippen MR) is 92.7 cm³/mol. The van der Waals surface area contributed by atoms with Gasteiger partial charge < -0.3 is 0 Å². The van der Waals surface area contributed by atoms with Crippen molar-refractivity contribution in [1.29, 1.82) is 0 Å².